The van der Waals surface area contributed by atoms with Crippen LogP contribution < -0.4 is 15.0 Å². The first-order valence-corrected chi connectivity index (χ1v) is 9.18. The Morgan fingerprint density at radius 2 is 1.96 bits per heavy atom. The Morgan fingerprint density at radius 3 is 2.69 bits per heavy atom. The summed E-state index contributed by atoms with van der Waals surface area (Å²) in [5.74, 6) is 0.780. The molecular formula is C19H26ClN3O3. The van der Waals surface area contributed by atoms with Gasteiger partial charge in [-0.15, -0.1) is 12.4 Å². The number of fused-ring (bicyclic) bond motifs is 1. The molecule has 2 amide bonds. The van der Waals surface area contributed by atoms with Crippen LogP contribution in [-0.4, -0.2) is 56.0 Å². The lowest BCUT2D eigenvalue weighted by Crippen LogP contribution is -2.46. The number of benzene rings is 1. The molecule has 0 saturated carbocycles. The monoisotopic (exact) mass is 379 g/mol. The van der Waals surface area contributed by atoms with Crippen molar-refractivity contribution in [1.82, 2.24) is 10.2 Å². The highest BCUT2D eigenvalue weighted by atomic mass is 35.5. The summed E-state index contributed by atoms with van der Waals surface area (Å²) in [5.41, 5.74) is 1.18. The summed E-state index contributed by atoms with van der Waals surface area (Å²) in [7, 11) is 0. The maximum Gasteiger partial charge on any atom is 0.265 e. The van der Waals surface area contributed by atoms with Crippen LogP contribution in [0.4, 0.5) is 5.69 Å². The first-order chi connectivity index (χ1) is 12.2. The largest absolute Gasteiger partial charge is 0.482 e. The number of para-hydroxylation sites is 2. The van der Waals surface area contributed by atoms with Crippen LogP contribution in [0.1, 0.15) is 25.7 Å². The van der Waals surface area contributed by atoms with Crippen LogP contribution in [0, 0.1) is 5.41 Å². The fraction of sp³-hybridized carbons (Fsp3) is 0.579. The number of hydrogen-bond donors (Lipinski definition) is 1. The van der Waals surface area contributed by atoms with Crippen molar-refractivity contribution in [1.29, 1.82) is 0 Å². The fourth-order valence-electron chi connectivity index (χ4n) is 4.22. The van der Waals surface area contributed by atoms with Gasteiger partial charge in [0.05, 0.1) is 5.69 Å². The third-order valence-electron chi connectivity index (χ3n) is 5.87. The molecule has 142 valence electrons. The van der Waals surface area contributed by atoms with E-state index in [1.54, 1.807) is 4.90 Å². The van der Waals surface area contributed by atoms with Crippen molar-refractivity contribution >= 4 is 29.9 Å². The van der Waals surface area contributed by atoms with Crippen LogP contribution in [0.2, 0.25) is 0 Å². The SMILES string of the molecule is Cl.O=C(CCN1C(=O)COc2ccccc21)N1CCC2(CCNC2)CC1. The molecule has 1 aromatic rings. The predicted molar refractivity (Wildman–Crippen MR) is 102 cm³/mol. The summed E-state index contributed by atoms with van der Waals surface area (Å²) in [6.07, 6.45) is 3.77. The second-order valence-corrected chi connectivity index (χ2v) is 7.36. The number of piperidine rings is 1. The van der Waals surface area contributed by atoms with E-state index in [4.69, 9.17) is 4.74 Å². The lowest BCUT2D eigenvalue weighted by molar-refractivity contribution is -0.133. The molecule has 6 nitrogen and oxygen atoms in total. The number of likely N-dealkylation sites (tertiary alicyclic amines) is 1. The van der Waals surface area contributed by atoms with Gasteiger partial charge in [0.1, 0.15) is 5.75 Å². The van der Waals surface area contributed by atoms with Crippen LogP contribution in [0.25, 0.3) is 0 Å². The van der Waals surface area contributed by atoms with Gasteiger partial charge in [-0.05, 0) is 43.4 Å². The topological polar surface area (TPSA) is 61.9 Å². The number of nitrogens with one attached hydrogen (secondary N) is 1. The summed E-state index contributed by atoms with van der Waals surface area (Å²) in [6, 6.07) is 7.50. The molecule has 0 aromatic heterocycles. The van der Waals surface area contributed by atoms with Crippen molar-refractivity contribution in [2.75, 3.05) is 44.2 Å². The van der Waals surface area contributed by atoms with Crippen molar-refractivity contribution in [3.05, 3.63) is 24.3 Å². The van der Waals surface area contributed by atoms with E-state index in [0.717, 1.165) is 44.7 Å². The molecule has 0 atom stereocenters. The van der Waals surface area contributed by atoms with Crippen molar-refractivity contribution in [3.63, 3.8) is 0 Å². The fourth-order valence-corrected chi connectivity index (χ4v) is 4.22. The molecule has 2 fully saturated rings. The minimum absolute atomic E-state index is 0. The van der Waals surface area contributed by atoms with Crippen LogP contribution in [0.3, 0.4) is 0 Å². The van der Waals surface area contributed by atoms with Crippen LogP contribution in [0.5, 0.6) is 5.75 Å². The van der Waals surface area contributed by atoms with Crippen LogP contribution in [-0.2, 0) is 9.59 Å². The first-order valence-electron chi connectivity index (χ1n) is 9.18. The minimum atomic E-state index is -0.0823. The van der Waals surface area contributed by atoms with Gasteiger partial charge in [-0.2, -0.15) is 0 Å². The Morgan fingerprint density at radius 1 is 1.19 bits per heavy atom. The van der Waals surface area contributed by atoms with Crippen molar-refractivity contribution in [3.8, 4) is 5.75 Å². The smallest absolute Gasteiger partial charge is 0.265 e. The second-order valence-electron chi connectivity index (χ2n) is 7.36. The minimum Gasteiger partial charge on any atom is -0.482 e. The quantitative estimate of drug-likeness (QED) is 0.870. The van der Waals surface area contributed by atoms with Gasteiger partial charge in [-0.25, -0.2) is 0 Å². The predicted octanol–water partition coefficient (Wildman–Crippen LogP) is 1.83. The Kier molecular flexibility index (Phi) is 5.73. The average molecular weight is 380 g/mol. The number of carbonyl (C=O) groups excluding carboxylic acids is 2. The maximum atomic E-state index is 12.6. The Bertz CT molecular complexity index is 666. The van der Waals surface area contributed by atoms with Gasteiger partial charge in [0.15, 0.2) is 6.61 Å². The first kappa shape index (κ1) is 19.0. The maximum absolute atomic E-state index is 12.6. The van der Waals surface area contributed by atoms with Crippen LogP contribution in [0.15, 0.2) is 24.3 Å². The van der Waals surface area contributed by atoms with Gasteiger partial charge in [0.25, 0.3) is 5.91 Å². The third kappa shape index (κ3) is 3.67. The molecule has 3 aliphatic rings. The number of rotatable bonds is 3. The standard InChI is InChI=1S/C19H25N3O3.ClH/c23-17(21-11-7-19(8-12-21)6-9-20-14-19)5-10-22-15-3-1-2-4-16(15)25-13-18(22)24;/h1-4,20H,5-14H2;1H. The van der Waals surface area contributed by atoms with E-state index in [9.17, 15) is 9.59 Å². The zero-order valence-corrected chi connectivity index (χ0v) is 15.7. The van der Waals surface area contributed by atoms with Crippen molar-refractivity contribution < 1.29 is 14.3 Å². The summed E-state index contributed by atoms with van der Waals surface area (Å²) in [5, 5.41) is 3.45. The normalized spacial score (nSPS) is 21.2. The molecule has 1 N–H and O–H groups in total. The summed E-state index contributed by atoms with van der Waals surface area (Å²) >= 11 is 0. The molecular weight excluding hydrogens is 354 g/mol. The van der Waals surface area contributed by atoms with E-state index in [2.05, 4.69) is 5.32 Å². The number of anilines is 1. The lowest BCUT2D eigenvalue weighted by atomic mass is 9.78. The van der Waals surface area contributed by atoms with Gasteiger partial charge in [0, 0.05) is 32.6 Å². The highest BCUT2D eigenvalue weighted by molar-refractivity contribution is 5.98. The zero-order chi connectivity index (χ0) is 17.3. The molecule has 0 bridgehead atoms. The molecule has 0 unspecified atom stereocenters. The lowest BCUT2D eigenvalue weighted by Gasteiger charge is -2.39. The van der Waals surface area contributed by atoms with E-state index in [0.29, 0.717) is 24.1 Å². The van der Waals surface area contributed by atoms with E-state index in [-0.39, 0.29) is 30.8 Å². The molecule has 1 aromatic carbocycles. The Labute approximate surface area is 160 Å². The summed E-state index contributed by atoms with van der Waals surface area (Å²) < 4.78 is 5.45. The summed E-state index contributed by atoms with van der Waals surface area (Å²) in [6.45, 7) is 4.34. The number of hydrogen-bond acceptors (Lipinski definition) is 4. The van der Waals surface area contributed by atoms with Gasteiger partial charge in [0.2, 0.25) is 5.91 Å². The van der Waals surface area contributed by atoms with E-state index < -0.39 is 0 Å². The summed E-state index contributed by atoms with van der Waals surface area (Å²) in [4.78, 5) is 28.4. The molecule has 4 rings (SSSR count). The molecule has 2 saturated heterocycles. The molecule has 7 heteroatoms. The number of halogens is 1. The number of amides is 2. The molecule has 3 heterocycles. The van der Waals surface area contributed by atoms with E-state index in [1.165, 1.54) is 6.42 Å². The molecule has 0 radical (unpaired) electrons. The zero-order valence-electron chi connectivity index (χ0n) is 14.9. The molecule has 26 heavy (non-hydrogen) atoms. The number of nitrogens with zero attached hydrogens (tertiary/aromatic N) is 2. The number of carbonyl (C=O) groups is 2. The van der Waals surface area contributed by atoms with E-state index >= 15 is 0 Å². The molecule has 0 aliphatic carbocycles. The number of ether oxygens (including phenoxy) is 1. The molecule has 3 aliphatic heterocycles. The van der Waals surface area contributed by atoms with Gasteiger partial charge in [-0.3, -0.25) is 9.59 Å². The van der Waals surface area contributed by atoms with E-state index in [1.807, 2.05) is 29.2 Å². The van der Waals surface area contributed by atoms with Crippen molar-refractivity contribution in [2.45, 2.75) is 25.7 Å². The second kappa shape index (κ2) is 7.84. The average Bonchev–Trinajstić information content (AvgIpc) is 3.09. The van der Waals surface area contributed by atoms with Gasteiger partial charge < -0.3 is 19.9 Å². The van der Waals surface area contributed by atoms with Crippen molar-refractivity contribution in [2.24, 2.45) is 5.41 Å². The third-order valence-corrected chi connectivity index (χ3v) is 5.87. The highest BCUT2D eigenvalue weighted by Crippen LogP contribution is 2.37. The van der Waals surface area contributed by atoms with Gasteiger partial charge >= 0.3 is 0 Å². The highest BCUT2D eigenvalue weighted by Gasteiger charge is 2.38. The Hall–Kier alpha value is -1.79. The van der Waals surface area contributed by atoms with Crippen LogP contribution >= 0.6 is 12.4 Å². The Balaban J connectivity index is 0.00000196. The molecule has 1 spiro atoms. The van der Waals surface area contributed by atoms with Gasteiger partial charge in [-0.1, -0.05) is 12.1 Å².